The van der Waals surface area contributed by atoms with E-state index in [4.69, 9.17) is 0 Å². The fourth-order valence-electron chi connectivity index (χ4n) is 5.85. The molecule has 0 aromatic carbocycles. The first-order chi connectivity index (χ1) is 7.87. The third-order valence-corrected chi connectivity index (χ3v) is 6.93. The van der Waals surface area contributed by atoms with Gasteiger partial charge in [-0.1, -0.05) is 13.8 Å². The summed E-state index contributed by atoms with van der Waals surface area (Å²) in [7, 11) is 0. The van der Waals surface area contributed by atoms with Crippen LogP contribution in [0.4, 0.5) is 0 Å². The Bertz CT molecular complexity index is 334. The van der Waals surface area contributed by atoms with E-state index in [9.17, 15) is 10.2 Å². The topological polar surface area (TPSA) is 40.5 Å². The molecule has 3 aliphatic rings. The summed E-state index contributed by atoms with van der Waals surface area (Å²) < 4.78 is 0. The molecule has 2 heteroatoms. The Morgan fingerprint density at radius 3 is 2.47 bits per heavy atom. The molecule has 3 aliphatic carbocycles. The van der Waals surface area contributed by atoms with Gasteiger partial charge < -0.3 is 10.2 Å². The molecule has 0 saturated heterocycles. The highest BCUT2D eigenvalue weighted by Gasteiger charge is 2.68. The zero-order chi connectivity index (χ0) is 12.5. The summed E-state index contributed by atoms with van der Waals surface area (Å²) in [5, 5.41) is 20.6. The first-order valence-corrected chi connectivity index (χ1v) is 7.20. The highest BCUT2D eigenvalue weighted by atomic mass is 16.3. The third-order valence-electron chi connectivity index (χ3n) is 6.93. The van der Waals surface area contributed by atoms with Gasteiger partial charge in [0.25, 0.3) is 0 Å². The maximum Gasteiger partial charge on any atom is 0.0654 e. The standard InChI is InChI=1S/C15H26O2/c1-10-4-5-11-13(2,9-16)12-8-15(10,11)7-6-14(12,3)17/h10-12,16-17H,4-9H2,1-3H3/t10-,11-,12+,13-,14-,15-/m1/s1. The van der Waals surface area contributed by atoms with Crippen molar-refractivity contribution in [3.05, 3.63) is 0 Å². The molecule has 2 nitrogen and oxygen atoms in total. The van der Waals surface area contributed by atoms with E-state index >= 15 is 0 Å². The Labute approximate surface area is 104 Å². The van der Waals surface area contributed by atoms with Crippen LogP contribution < -0.4 is 0 Å². The zero-order valence-electron chi connectivity index (χ0n) is 11.4. The molecule has 6 atom stereocenters. The maximum absolute atomic E-state index is 10.7. The minimum atomic E-state index is -0.563. The molecule has 98 valence electrons. The quantitative estimate of drug-likeness (QED) is 0.737. The molecule has 17 heavy (non-hydrogen) atoms. The molecule has 0 unspecified atom stereocenters. The first kappa shape index (κ1) is 12.0. The largest absolute Gasteiger partial charge is 0.396 e. The predicted octanol–water partition coefficient (Wildman–Crippen LogP) is 2.58. The summed E-state index contributed by atoms with van der Waals surface area (Å²) in [5.74, 6) is 1.70. The van der Waals surface area contributed by atoms with Gasteiger partial charge in [0.1, 0.15) is 0 Å². The smallest absolute Gasteiger partial charge is 0.0654 e. The van der Waals surface area contributed by atoms with E-state index in [0.29, 0.717) is 17.3 Å². The second kappa shape index (κ2) is 3.27. The Kier molecular flexibility index (Phi) is 2.30. The van der Waals surface area contributed by atoms with Crippen LogP contribution in [-0.2, 0) is 0 Å². The van der Waals surface area contributed by atoms with Crippen molar-refractivity contribution < 1.29 is 10.2 Å². The lowest BCUT2D eigenvalue weighted by atomic mass is 9.64. The summed E-state index contributed by atoms with van der Waals surface area (Å²) in [4.78, 5) is 0. The molecule has 0 aromatic heterocycles. The normalized spacial score (nSPS) is 61.6. The van der Waals surface area contributed by atoms with Crippen molar-refractivity contribution in [3.8, 4) is 0 Å². The second-order valence-corrected chi connectivity index (χ2v) is 7.54. The van der Waals surface area contributed by atoms with Crippen molar-refractivity contribution in [2.75, 3.05) is 6.61 Å². The summed E-state index contributed by atoms with van der Waals surface area (Å²) in [6, 6.07) is 0. The van der Waals surface area contributed by atoms with Gasteiger partial charge in [-0.05, 0) is 67.6 Å². The van der Waals surface area contributed by atoms with E-state index < -0.39 is 5.60 Å². The van der Waals surface area contributed by atoms with E-state index in [2.05, 4.69) is 13.8 Å². The molecule has 3 saturated carbocycles. The van der Waals surface area contributed by atoms with Crippen LogP contribution in [0.25, 0.3) is 0 Å². The van der Waals surface area contributed by atoms with E-state index in [-0.39, 0.29) is 12.0 Å². The first-order valence-electron chi connectivity index (χ1n) is 7.20. The molecule has 0 amide bonds. The maximum atomic E-state index is 10.7. The molecule has 3 rings (SSSR count). The van der Waals surface area contributed by atoms with E-state index in [1.807, 2.05) is 6.92 Å². The average Bonchev–Trinajstić information content (AvgIpc) is 2.71. The average molecular weight is 238 g/mol. The van der Waals surface area contributed by atoms with E-state index in [1.54, 1.807) is 0 Å². The fraction of sp³-hybridized carbons (Fsp3) is 1.00. The van der Waals surface area contributed by atoms with Crippen LogP contribution in [0.15, 0.2) is 0 Å². The van der Waals surface area contributed by atoms with Gasteiger partial charge in [0.05, 0.1) is 5.60 Å². The van der Waals surface area contributed by atoms with Crippen LogP contribution in [0, 0.1) is 28.6 Å². The van der Waals surface area contributed by atoms with Crippen LogP contribution in [0.3, 0.4) is 0 Å². The Morgan fingerprint density at radius 1 is 1.12 bits per heavy atom. The third kappa shape index (κ3) is 1.24. The molecule has 0 aromatic rings. The minimum absolute atomic E-state index is 0.0508. The van der Waals surface area contributed by atoms with Gasteiger partial charge in [-0.25, -0.2) is 0 Å². The molecule has 2 bridgehead atoms. The number of hydrogen-bond donors (Lipinski definition) is 2. The van der Waals surface area contributed by atoms with Crippen molar-refractivity contribution in [1.82, 2.24) is 0 Å². The molecule has 0 radical (unpaired) electrons. The second-order valence-electron chi connectivity index (χ2n) is 7.54. The van der Waals surface area contributed by atoms with Crippen molar-refractivity contribution in [1.29, 1.82) is 0 Å². The number of aliphatic hydroxyl groups is 2. The molecule has 0 heterocycles. The molecule has 2 N–H and O–H groups in total. The summed E-state index contributed by atoms with van der Waals surface area (Å²) in [5.41, 5.74) is -0.179. The lowest BCUT2D eigenvalue weighted by Crippen LogP contribution is -2.46. The van der Waals surface area contributed by atoms with Crippen LogP contribution >= 0.6 is 0 Å². The van der Waals surface area contributed by atoms with Crippen molar-refractivity contribution in [2.45, 2.75) is 58.5 Å². The van der Waals surface area contributed by atoms with Gasteiger partial charge in [0, 0.05) is 6.61 Å². The Hall–Kier alpha value is -0.0800. The molecule has 3 fully saturated rings. The Morgan fingerprint density at radius 2 is 1.82 bits per heavy atom. The van der Waals surface area contributed by atoms with Crippen LogP contribution in [0.1, 0.15) is 52.9 Å². The number of rotatable bonds is 1. The van der Waals surface area contributed by atoms with Crippen molar-refractivity contribution in [2.24, 2.45) is 28.6 Å². The van der Waals surface area contributed by atoms with E-state index in [1.165, 1.54) is 12.8 Å². The van der Waals surface area contributed by atoms with Crippen molar-refractivity contribution in [3.63, 3.8) is 0 Å². The highest BCUT2D eigenvalue weighted by molar-refractivity contribution is 5.17. The van der Waals surface area contributed by atoms with Gasteiger partial charge in [-0.15, -0.1) is 0 Å². The monoisotopic (exact) mass is 238 g/mol. The number of aliphatic hydroxyl groups excluding tert-OH is 1. The predicted molar refractivity (Wildman–Crippen MR) is 67.5 cm³/mol. The summed E-state index contributed by atoms with van der Waals surface area (Å²) in [6.07, 6.45) is 5.80. The lowest BCUT2D eigenvalue weighted by Gasteiger charge is -2.44. The minimum Gasteiger partial charge on any atom is -0.396 e. The van der Waals surface area contributed by atoms with Crippen LogP contribution in [0.2, 0.25) is 0 Å². The molecule has 0 aliphatic heterocycles. The van der Waals surface area contributed by atoms with Crippen molar-refractivity contribution >= 4 is 0 Å². The zero-order valence-corrected chi connectivity index (χ0v) is 11.4. The van der Waals surface area contributed by atoms with Gasteiger partial charge in [0.2, 0.25) is 0 Å². The molecular formula is C15H26O2. The summed E-state index contributed by atoms with van der Waals surface area (Å²) >= 11 is 0. The van der Waals surface area contributed by atoms with Gasteiger partial charge >= 0.3 is 0 Å². The number of hydrogen-bond acceptors (Lipinski definition) is 2. The van der Waals surface area contributed by atoms with Gasteiger partial charge in [0.15, 0.2) is 0 Å². The molecular weight excluding hydrogens is 212 g/mol. The van der Waals surface area contributed by atoms with Crippen LogP contribution in [0.5, 0.6) is 0 Å². The fourth-order valence-corrected chi connectivity index (χ4v) is 5.85. The number of fused-ring (bicyclic) bond motifs is 1. The SMILES string of the molecule is C[C@@H]1CC[C@@H]2[C@@](C)(CO)[C@@H]3C[C@]12CC[C@@]3(C)O. The summed E-state index contributed by atoms with van der Waals surface area (Å²) in [6.45, 7) is 6.85. The Balaban J connectivity index is 2.08. The van der Waals surface area contributed by atoms with Gasteiger partial charge in [-0.3, -0.25) is 0 Å². The lowest BCUT2D eigenvalue weighted by molar-refractivity contribution is -0.0858. The van der Waals surface area contributed by atoms with E-state index in [0.717, 1.165) is 25.2 Å². The molecule has 1 spiro atoms. The highest BCUT2D eigenvalue weighted by Crippen LogP contribution is 2.73. The van der Waals surface area contributed by atoms with Gasteiger partial charge in [-0.2, -0.15) is 0 Å². The van der Waals surface area contributed by atoms with Crippen LogP contribution in [-0.4, -0.2) is 22.4 Å².